The molecular formula is C31H32N2O3S. The molecule has 1 N–H and O–H groups in total. The zero-order valence-corrected chi connectivity index (χ0v) is 22.4. The zero-order chi connectivity index (χ0) is 26.6. The van der Waals surface area contributed by atoms with Crippen LogP contribution in [0.5, 0.6) is 0 Å². The highest BCUT2D eigenvalue weighted by atomic mass is 32.2. The van der Waals surface area contributed by atoms with Crippen molar-refractivity contribution in [2.24, 2.45) is 0 Å². The lowest BCUT2D eigenvalue weighted by atomic mass is 9.95. The van der Waals surface area contributed by atoms with Gasteiger partial charge in [0.05, 0.1) is 16.6 Å². The summed E-state index contributed by atoms with van der Waals surface area (Å²) in [6.45, 7) is 7.36. The van der Waals surface area contributed by atoms with E-state index < -0.39 is 22.0 Å². The molecule has 0 fully saturated rings. The van der Waals surface area contributed by atoms with Crippen LogP contribution in [0.2, 0.25) is 0 Å². The number of aryl methyl sites for hydroxylation is 3. The Bertz CT molecular complexity index is 1500. The fourth-order valence-corrected chi connectivity index (χ4v) is 5.86. The van der Waals surface area contributed by atoms with Crippen molar-refractivity contribution < 1.29 is 13.2 Å². The Kier molecular flexibility index (Phi) is 7.79. The van der Waals surface area contributed by atoms with Crippen LogP contribution in [0.4, 0.5) is 5.69 Å². The third-order valence-electron chi connectivity index (χ3n) is 6.68. The van der Waals surface area contributed by atoms with Crippen LogP contribution in [0.1, 0.15) is 39.4 Å². The average Bonchev–Trinajstić information content (AvgIpc) is 2.89. The molecule has 5 nitrogen and oxygen atoms in total. The van der Waals surface area contributed by atoms with Crippen molar-refractivity contribution in [2.75, 3.05) is 10.8 Å². The van der Waals surface area contributed by atoms with E-state index in [-0.39, 0.29) is 11.4 Å². The first-order valence-electron chi connectivity index (χ1n) is 12.2. The minimum Gasteiger partial charge on any atom is -0.344 e. The maximum absolute atomic E-state index is 13.9. The van der Waals surface area contributed by atoms with Gasteiger partial charge >= 0.3 is 0 Å². The second-order valence-electron chi connectivity index (χ2n) is 9.31. The van der Waals surface area contributed by atoms with E-state index in [0.29, 0.717) is 5.69 Å². The molecule has 190 valence electrons. The van der Waals surface area contributed by atoms with E-state index in [0.717, 1.165) is 33.4 Å². The molecule has 37 heavy (non-hydrogen) atoms. The van der Waals surface area contributed by atoms with Crippen LogP contribution < -0.4 is 9.62 Å². The van der Waals surface area contributed by atoms with Gasteiger partial charge in [-0.1, -0.05) is 84.4 Å². The van der Waals surface area contributed by atoms with Crippen molar-refractivity contribution in [1.82, 2.24) is 5.32 Å². The molecule has 0 aromatic heterocycles. The van der Waals surface area contributed by atoms with Crippen LogP contribution in [-0.4, -0.2) is 20.9 Å². The van der Waals surface area contributed by atoms with Gasteiger partial charge in [0.15, 0.2) is 0 Å². The van der Waals surface area contributed by atoms with Crippen molar-refractivity contribution in [3.05, 3.63) is 130 Å². The highest BCUT2D eigenvalue weighted by molar-refractivity contribution is 7.92. The SMILES string of the molecule is Cc1ccc(S(=O)(=O)N(CC(=O)NC(c2ccccc2)c2ccccc2C)c2cccc(C)c2C)cc1. The molecule has 4 aromatic rings. The van der Waals surface area contributed by atoms with Gasteiger partial charge in [-0.25, -0.2) is 8.42 Å². The highest BCUT2D eigenvalue weighted by Gasteiger charge is 2.30. The summed E-state index contributed by atoms with van der Waals surface area (Å²) in [5, 5.41) is 3.11. The summed E-state index contributed by atoms with van der Waals surface area (Å²) < 4.78 is 29.0. The number of carbonyl (C=O) groups excluding carboxylic acids is 1. The van der Waals surface area contributed by atoms with E-state index in [4.69, 9.17) is 0 Å². The Morgan fingerprint density at radius 1 is 0.757 bits per heavy atom. The molecule has 6 heteroatoms. The summed E-state index contributed by atoms with van der Waals surface area (Å²) in [6.07, 6.45) is 0. The number of carbonyl (C=O) groups is 1. The third kappa shape index (κ3) is 5.75. The summed E-state index contributed by atoms with van der Waals surface area (Å²) in [5.41, 5.74) is 6.12. The minimum absolute atomic E-state index is 0.144. The molecule has 0 saturated carbocycles. The van der Waals surface area contributed by atoms with Gasteiger partial charge in [-0.3, -0.25) is 9.10 Å². The number of rotatable bonds is 8. The van der Waals surface area contributed by atoms with Crippen LogP contribution in [0.25, 0.3) is 0 Å². The Morgan fingerprint density at radius 3 is 2.05 bits per heavy atom. The summed E-state index contributed by atoms with van der Waals surface area (Å²) >= 11 is 0. The Labute approximate surface area is 219 Å². The number of amides is 1. The molecule has 0 spiro atoms. The lowest BCUT2D eigenvalue weighted by molar-refractivity contribution is -0.120. The van der Waals surface area contributed by atoms with Crippen molar-refractivity contribution >= 4 is 21.6 Å². The predicted molar refractivity (Wildman–Crippen MR) is 149 cm³/mol. The van der Waals surface area contributed by atoms with Gasteiger partial charge in [-0.15, -0.1) is 0 Å². The van der Waals surface area contributed by atoms with E-state index >= 15 is 0 Å². The van der Waals surface area contributed by atoms with E-state index in [1.54, 1.807) is 30.3 Å². The smallest absolute Gasteiger partial charge is 0.264 e. The van der Waals surface area contributed by atoms with Crippen molar-refractivity contribution in [3.8, 4) is 0 Å². The van der Waals surface area contributed by atoms with Crippen LogP contribution in [-0.2, 0) is 14.8 Å². The largest absolute Gasteiger partial charge is 0.344 e. The molecule has 4 aromatic carbocycles. The van der Waals surface area contributed by atoms with Gasteiger partial charge in [-0.2, -0.15) is 0 Å². The second-order valence-corrected chi connectivity index (χ2v) is 11.2. The monoisotopic (exact) mass is 512 g/mol. The van der Waals surface area contributed by atoms with Gasteiger partial charge in [0.2, 0.25) is 5.91 Å². The molecule has 1 atom stereocenters. The molecule has 0 aliphatic rings. The molecule has 0 bridgehead atoms. The van der Waals surface area contributed by atoms with Gasteiger partial charge < -0.3 is 5.32 Å². The fraction of sp³-hybridized carbons (Fsp3) is 0.194. The molecule has 4 rings (SSSR count). The Hall–Kier alpha value is -3.90. The molecular weight excluding hydrogens is 480 g/mol. The maximum atomic E-state index is 13.9. The minimum atomic E-state index is -4.01. The molecule has 1 unspecified atom stereocenters. The van der Waals surface area contributed by atoms with Crippen LogP contribution in [0.3, 0.4) is 0 Å². The van der Waals surface area contributed by atoms with Crippen LogP contribution in [0.15, 0.2) is 102 Å². The van der Waals surface area contributed by atoms with Gasteiger partial charge in [0, 0.05) is 0 Å². The predicted octanol–water partition coefficient (Wildman–Crippen LogP) is 6.02. The van der Waals surface area contributed by atoms with Crippen molar-refractivity contribution in [3.63, 3.8) is 0 Å². The maximum Gasteiger partial charge on any atom is 0.264 e. The van der Waals surface area contributed by atoms with Gasteiger partial charge in [0.1, 0.15) is 6.54 Å². The van der Waals surface area contributed by atoms with E-state index in [2.05, 4.69) is 5.32 Å². The number of sulfonamides is 1. The first kappa shape index (κ1) is 26.2. The van der Waals surface area contributed by atoms with Gasteiger partial charge in [-0.05, 0) is 73.7 Å². The normalized spacial score (nSPS) is 12.1. The summed E-state index contributed by atoms with van der Waals surface area (Å²) in [5.74, 6) is -0.395. The van der Waals surface area contributed by atoms with Crippen molar-refractivity contribution in [2.45, 2.75) is 38.6 Å². The number of hydrogen-bond acceptors (Lipinski definition) is 3. The number of anilines is 1. The number of nitrogens with one attached hydrogen (secondary N) is 1. The standard InChI is InChI=1S/C31H32N2O3S/c1-22-17-19-27(20-18-22)37(35,36)33(29-16-10-12-23(2)25(29)4)21-30(34)32-31(26-13-6-5-7-14-26)28-15-9-8-11-24(28)3/h5-20,31H,21H2,1-4H3,(H,32,34). The molecule has 0 aliphatic heterocycles. The molecule has 0 heterocycles. The molecule has 1 amide bonds. The Morgan fingerprint density at radius 2 is 1.38 bits per heavy atom. The number of benzene rings is 4. The highest BCUT2D eigenvalue weighted by Crippen LogP contribution is 2.30. The zero-order valence-electron chi connectivity index (χ0n) is 21.6. The summed E-state index contributed by atoms with van der Waals surface area (Å²) in [4.78, 5) is 13.8. The topological polar surface area (TPSA) is 66.5 Å². The number of nitrogens with zero attached hydrogens (tertiary/aromatic N) is 1. The summed E-state index contributed by atoms with van der Waals surface area (Å²) in [7, 11) is -4.01. The first-order chi connectivity index (χ1) is 17.7. The lowest BCUT2D eigenvalue weighted by Crippen LogP contribution is -2.42. The number of hydrogen-bond donors (Lipinski definition) is 1. The lowest BCUT2D eigenvalue weighted by Gasteiger charge is -2.28. The first-order valence-corrected chi connectivity index (χ1v) is 13.7. The van der Waals surface area contributed by atoms with Gasteiger partial charge in [0.25, 0.3) is 10.0 Å². The van der Waals surface area contributed by atoms with E-state index in [1.807, 2.05) is 94.4 Å². The quantitative estimate of drug-likeness (QED) is 0.314. The Balaban J connectivity index is 1.73. The third-order valence-corrected chi connectivity index (χ3v) is 8.45. The molecule has 0 radical (unpaired) electrons. The summed E-state index contributed by atoms with van der Waals surface area (Å²) in [6, 6.07) is 29.4. The molecule has 0 saturated heterocycles. The van der Waals surface area contributed by atoms with E-state index in [9.17, 15) is 13.2 Å². The van der Waals surface area contributed by atoms with Crippen LogP contribution >= 0.6 is 0 Å². The van der Waals surface area contributed by atoms with Crippen molar-refractivity contribution in [1.29, 1.82) is 0 Å². The second kappa shape index (κ2) is 11.0. The molecule has 0 aliphatic carbocycles. The van der Waals surface area contributed by atoms with Crippen LogP contribution in [0, 0.1) is 27.7 Å². The average molecular weight is 513 g/mol. The fourth-order valence-electron chi connectivity index (χ4n) is 4.38. The van der Waals surface area contributed by atoms with E-state index in [1.165, 1.54) is 4.31 Å².